The summed E-state index contributed by atoms with van der Waals surface area (Å²) in [6.45, 7) is 1.36. The Morgan fingerprint density at radius 1 is 1.88 bits per heavy atom. The first-order valence-corrected chi connectivity index (χ1v) is 3.09. The molecule has 0 saturated heterocycles. The molecule has 0 unspecified atom stereocenters. The molecule has 4 heteroatoms. The van der Waals surface area contributed by atoms with Crippen LogP contribution >= 0.6 is 12.0 Å². The van der Waals surface area contributed by atoms with E-state index in [4.69, 9.17) is 5.11 Å². The summed E-state index contributed by atoms with van der Waals surface area (Å²) in [7, 11) is 0. The third kappa shape index (κ3) is 5.78. The van der Waals surface area contributed by atoms with Gasteiger partial charge in [-0.25, -0.2) is 0 Å². The Morgan fingerprint density at radius 3 is 2.88 bits per heavy atom. The molecule has 0 aliphatic carbocycles. The van der Waals surface area contributed by atoms with Crippen molar-refractivity contribution in [2.24, 2.45) is 0 Å². The van der Waals surface area contributed by atoms with Gasteiger partial charge in [-0.2, -0.15) is 0 Å². The zero-order valence-electron chi connectivity index (χ0n) is 4.59. The van der Waals surface area contributed by atoms with E-state index in [9.17, 15) is 4.79 Å². The van der Waals surface area contributed by atoms with Gasteiger partial charge in [0.15, 0.2) is 0 Å². The first kappa shape index (κ1) is 7.78. The molecular weight excluding hydrogens is 128 g/mol. The van der Waals surface area contributed by atoms with E-state index in [1.165, 1.54) is 6.92 Å². The topological polar surface area (TPSA) is 46.5 Å². The van der Waals surface area contributed by atoms with Crippen molar-refractivity contribution < 1.29 is 14.1 Å². The third-order valence-electron chi connectivity index (χ3n) is 0.351. The molecule has 0 spiro atoms. The SMILES string of the molecule is CC(=O)OSCCO. The van der Waals surface area contributed by atoms with Crippen LogP contribution < -0.4 is 0 Å². The van der Waals surface area contributed by atoms with Crippen LogP contribution in [0.5, 0.6) is 0 Å². The average Bonchev–Trinajstić information content (AvgIpc) is 1.66. The van der Waals surface area contributed by atoms with Gasteiger partial charge in [-0.3, -0.25) is 4.79 Å². The molecule has 0 bridgehead atoms. The Morgan fingerprint density at radius 2 is 2.50 bits per heavy atom. The molecule has 8 heavy (non-hydrogen) atoms. The lowest BCUT2D eigenvalue weighted by Gasteiger charge is -1.93. The summed E-state index contributed by atoms with van der Waals surface area (Å²) in [6.07, 6.45) is 0. The van der Waals surface area contributed by atoms with Gasteiger partial charge in [0.25, 0.3) is 0 Å². The molecule has 48 valence electrons. The van der Waals surface area contributed by atoms with Crippen molar-refractivity contribution in [3.63, 3.8) is 0 Å². The molecule has 0 amide bonds. The molecule has 0 atom stereocenters. The second-order valence-electron chi connectivity index (χ2n) is 1.12. The highest BCUT2D eigenvalue weighted by Crippen LogP contribution is 1.99. The predicted octanol–water partition coefficient (Wildman–Crippen LogP) is 0.190. The number of aliphatic hydroxyl groups is 1. The fourth-order valence-corrected chi connectivity index (χ4v) is 0.486. The Kier molecular flexibility index (Phi) is 4.79. The molecule has 0 fully saturated rings. The van der Waals surface area contributed by atoms with Crippen molar-refractivity contribution >= 4 is 18.0 Å². The number of hydrogen-bond donors (Lipinski definition) is 1. The molecule has 3 nitrogen and oxygen atoms in total. The van der Waals surface area contributed by atoms with E-state index in [1.807, 2.05) is 0 Å². The van der Waals surface area contributed by atoms with Gasteiger partial charge in [-0.1, -0.05) is 0 Å². The van der Waals surface area contributed by atoms with Gasteiger partial charge >= 0.3 is 5.97 Å². The van der Waals surface area contributed by atoms with Crippen molar-refractivity contribution in [3.05, 3.63) is 0 Å². The van der Waals surface area contributed by atoms with E-state index >= 15 is 0 Å². The average molecular weight is 136 g/mol. The second kappa shape index (κ2) is 4.93. The smallest absolute Gasteiger partial charge is 0.314 e. The Balaban J connectivity index is 2.82. The summed E-state index contributed by atoms with van der Waals surface area (Å²) in [5.74, 6) is 0.114. The van der Waals surface area contributed by atoms with E-state index in [1.54, 1.807) is 0 Å². The summed E-state index contributed by atoms with van der Waals surface area (Å²) in [4.78, 5) is 9.99. The molecule has 0 radical (unpaired) electrons. The van der Waals surface area contributed by atoms with Crippen LogP contribution in [0.15, 0.2) is 0 Å². The quantitative estimate of drug-likeness (QED) is 0.444. The summed E-state index contributed by atoms with van der Waals surface area (Å²) < 4.78 is 4.40. The van der Waals surface area contributed by atoms with Crippen LogP contribution in [0.3, 0.4) is 0 Å². The van der Waals surface area contributed by atoms with Gasteiger partial charge in [0.2, 0.25) is 0 Å². The van der Waals surface area contributed by atoms with Crippen LogP contribution in [-0.4, -0.2) is 23.4 Å². The van der Waals surface area contributed by atoms with Crippen molar-refractivity contribution in [3.8, 4) is 0 Å². The standard InChI is InChI=1S/C4H8O3S/c1-4(6)7-8-3-2-5/h5H,2-3H2,1H3. The van der Waals surface area contributed by atoms with E-state index in [-0.39, 0.29) is 12.6 Å². The van der Waals surface area contributed by atoms with Crippen molar-refractivity contribution in [1.29, 1.82) is 0 Å². The lowest BCUT2D eigenvalue weighted by Crippen LogP contribution is -1.93. The summed E-state index contributed by atoms with van der Waals surface area (Å²) in [6, 6.07) is 0. The lowest BCUT2D eigenvalue weighted by molar-refractivity contribution is -0.130. The van der Waals surface area contributed by atoms with Crippen molar-refractivity contribution in [1.82, 2.24) is 0 Å². The molecule has 0 aromatic heterocycles. The van der Waals surface area contributed by atoms with Crippen LogP contribution in [-0.2, 0) is 8.98 Å². The first-order chi connectivity index (χ1) is 3.77. The number of hydrogen-bond acceptors (Lipinski definition) is 4. The third-order valence-corrected chi connectivity index (χ3v) is 1.05. The molecule has 0 rings (SSSR count). The highest BCUT2D eigenvalue weighted by atomic mass is 32.2. The molecule has 0 aliphatic rings. The zero-order valence-corrected chi connectivity index (χ0v) is 5.40. The maximum absolute atomic E-state index is 9.99. The zero-order chi connectivity index (χ0) is 6.41. The number of carbonyl (C=O) groups is 1. The predicted molar refractivity (Wildman–Crippen MR) is 31.3 cm³/mol. The van der Waals surface area contributed by atoms with Crippen LogP contribution in [0.1, 0.15) is 6.92 Å². The van der Waals surface area contributed by atoms with Gasteiger partial charge in [0.05, 0.1) is 24.4 Å². The van der Waals surface area contributed by atoms with Gasteiger partial charge < -0.3 is 9.29 Å². The minimum absolute atomic E-state index is 0.0396. The summed E-state index contributed by atoms with van der Waals surface area (Å²) >= 11 is 0.962. The van der Waals surface area contributed by atoms with Crippen LogP contribution in [0.25, 0.3) is 0 Å². The van der Waals surface area contributed by atoms with Crippen molar-refractivity contribution in [2.75, 3.05) is 12.4 Å². The van der Waals surface area contributed by atoms with E-state index in [2.05, 4.69) is 4.18 Å². The van der Waals surface area contributed by atoms with Gasteiger partial charge in [0, 0.05) is 6.92 Å². The van der Waals surface area contributed by atoms with Crippen LogP contribution in [0.4, 0.5) is 0 Å². The number of rotatable bonds is 3. The van der Waals surface area contributed by atoms with E-state index < -0.39 is 0 Å². The van der Waals surface area contributed by atoms with Gasteiger partial charge in [-0.15, -0.1) is 0 Å². The molecule has 0 saturated carbocycles. The maximum Gasteiger partial charge on any atom is 0.314 e. The molecule has 0 aromatic carbocycles. The molecule has 1 N–H and O–H groups in total. The van der Waals surface area contributed by atoms with Crippen LogP contribution in [0.2, 0.25) is 0 Å². The highest BCUT2D eigenvalue weighted by Gasteiger charge is 1.90. The molecular formula is C4H8O3S. The van der Waals surface area contributed by atoms with Gasteiger partial charge in [-0.05, 0) is 0 Å². The van der Waals surface area contributed by atoms with E-state index in [0.717, 1.165) is 12.0 Å². The lowest BCUT2D eigenvalue weighted by atomic mass is 10.9. The Bertz CT molecular complexity index is 73.7. The van der Waals surface area contributed by atoms with Crippen LogP contribution in [0, 0.1) is 0 Å². The second-order valence-corrected chi connectivity index (χ2v) is 1.93. The molecule has 0 aliphatic heterocycles. The Hall–Kier alpha value is -0.220. The largest absolute Gasteiger partial charge is 0.395 e. The molecule has 0 heterocycles. The molecule has 0 aromatic rings. The monoisotopic (exact) mass is 136 g/mol. The summed E-state index contributed by atoms with van der Waals surface area (Å²) in [5, 5.41) is 8.17. The maximum atomic E-state index is 9.99. The Labute approximate surface area is 52.2 Å². The fourth-order valence-electron chi connectivity index (χ4n) is 0.162. The minimum atomic E-state index is -0.330. The summed E-state index contributed by atoms with van der Waals surface area (Å²) in [5.41, 5.74) is 0. The highest BCUT2D eigenvalue weighted by molar-refractivity contribution is 7.95. The minimum Gasteiger partial charge on any atom is -0.395 e. The first-order valence-electron chi connectivity index (χ1n) is 2.18. The van der Waals surface area contributed by atoms with Crippen molar-refractivity contribution in [2.45, 2.75) is 6.92 Å². The normalized spacial score (nSPS) is 8.75. The van der Waals surface area contributed by atoms with Gasteiger partial charge in [0.1, 0.15) is 0 Å². The number of carbonyl (C=O) groups excluding carboxylic acids is 1. The van der Waals surface area contributed by atoms with E-state index in [0.29, 0.717) is 5.75 Å². The fraction of sp³-hybridized carbons (Fsp3) is 0.750. The number of aliphatic hydroxyl groups excluding tert-OH is 1.